The third kappa shape index (κ3) is 4.15. The lowest BCUT2D eigenvalue weighted by atomic mass is 10.0. The second-order valence-electron chi connectivity index (χ2n) is 4.52. The number of hydrogen-bond donors (Lipinski definition) is 2. The Bertz CT molecular complexity index is 555. The zero-order valence-corrected chi connectivity index (χ0v) is 11.7. The monoisotopic (exact) mass is 317 g/mol. The number of ether oxygens (including phenoxy) is 1. The number of thioether (sulfide) groups is 1. The third-order valence-electron chi connectivity index (χ3n) is 3.00. The number of carbonyl (C=O) groups excluding carboxylic acids is 1. The minimum absolute atomic E-state index is 0.0556. The highest BCUT2D eigenvalue weighted by Gasteiger charge is 2.34. The van der Waals surface area contributed by atoms with E-state index in [1.165, 1.54) is 6.07 Å². The van der Waals surface area contributed by atoms with Crippen LogP contribution in [-0.2, 0) is 14.3 Å². The summed E-state index contributed by atoms with van der Waals surface area (Å²) >= 11 is 0.915. The summed E-state index contributed by atoms with van der Waals surface area (Å²) in [6.45, 7) is 0.193. The predicted molar refractivity (Wildman–Crippen MR) is 71.0 cm³/mol. The number of aliphatic carboxylic acids is 1. The number of carboxylic acid groups (broad SMARTS) is 1. The maximum absolute atomic E-state index is 13.4. The molecular weight excluding hydrogens is 304 g/mol. The maximum atomic E-state index is 13.4. The van der Waals surface area contributed by atoms with Gasteiger partial charge in [0.25, 0.3) is 0 Å². The Labute approximate surface area is 123 Å². The van der Waals surface area contributed by atoms with Crippen molar-refractivity contribution in [3.8, 4) is 0 Å². The van der Waals surface area contributed by atoms with Crippen molar-refractivity contribution in [1.29, 1.82) is 0 Å². The predicted octanol–water partition coefficient (Wildman–Crippen LogP) is 1.27. The average molecular weight is 317 g/mol. The van der Waals surface area contributed by atoms with Crippen LogP contribution in [0.2, 0.25) is 0 Å². The van der Waals surface area contributed by atoms with E-state index in [0.717, 1.165) is 23.9 Å². The molecule has 5 nitrogen and oxygen atoms in total. The normalized spacial score (nSPS) is 21.2. The SMILES string of the molecule is O=C(CSc1ccc(F)cc1F)NC1COCC1C(=O)O. The van der Waals surface area contributed by atoms with Gasteiger partial charge >= 0.3 is 5.97 Å². The lowest BCUT2D eigenvalue weighted by Crippen LogP contribution is -2.43. The van der Waals surface area contributed by atoms with Gasteiger partial charge in [0.15, 0.2) is 0 Å². The summed E-state index contributed by atoms with van der Waals surface area (Å²) in [5, 5.41) is 11.5. The molecule has 1 fully saturated rings. The van der Waals surface area contributed by atoms with Crippen LogP contribution < -0.4 is 5.32 Å². The summed E-state index contributed by atoms with van der Waals surface area (Å²) in [6, 6.07) is 2.51. The van der Waals surface area contributed by atoms with E-state index >= 15 is 0 Å². The highest BCUT2D eigenvalue weighted by molar-refractivity contribution is 8.00. The van der Waals surface area contributed by atoms with Gasteiger partial charge < -0.3 is 15.2 Å². The second-order valence-corrected chi connectivity index (χ2v) is 5.54. The lowest BCUT2D eigenvalue weighted by molar-refractivity contribution is -0.142. The minimum atomic E-state index is -1.03. The summed E-state index contributed by atoms with van der Waals surface area (Å²) in [6.07, 6.45) is 0. The molecule has 0 spiro atoms. The summed E-state index contributed by atoms with van der Waals surface area (Å²) in [4.78, 5) is 22.8. The Morgan fingerprint density at radius 2 is 2.14 bits per heavy atom. The van der Waals surface area contributed by atoms with Crippen LogP contribution in [0.5, 0.6) is 0 Å². The molecule has 1 saturated heterocycles. The van der Waals surface area contributed by atoms with Crippen LogP contribution in [0.3, 0.4) is 0 Å². The van der Waals surface area contributed by atoms with Gasteiger partial charge in [-0.2, -0.15) is 0 Å². The molecule has 0 bridgehead atoms. The molecule has 2 atom stereocenters. The summed E-state index contributed by atoms with van der Waals surface area (Å²) in [7, 11) is 0. The highest BCUT2D eigenvalue weighted by atomic mass is 32.2. The van der Waals surface area contributed by atoms with E-state index < -0.39 is 35.5 Å². The highest BCUT2D eigenvalue weighted by Crippen LogP contribution is 2.22. The molecular formula is C13H13F2NO4S. The summed E-state index contributed by atoms with van der Waals surface area (Å²) in [5.74, 6) is -3.75. The Morgan fingerprint density at radius 3 is 2.81 bits per heavy atom. The maximum Gasteiger partial charge on any atom is 0.311 e. The van der Waals surface area contributed by atoms with Gasteiger partial charge in [-0.05, 0) is 12.1 Å². The van der Waals surface area contributed by atoms with Gasteiger partial charge in [-0.1, -0.05) is 0 Å². The van der Waals surface area contributed by atoms with Gasteiger partial charge in [-0.3, -0.25) is 9.59 Å². The minimum Gasteiger partial charge on any atom is -0.481 e. The fourth-order valence-corrected chi connectivity index (χ4v) is 2.65. The molecule has 1 aromatic carbocycles. The fraction of sp³-hybridized carbons (Fsp3) is 0.385. The number of benzene rings is 1. The zero-order valence-electron chi connectivity index (χ0n) is 10.8. The number of carbonyl (C=O) groups is 2. The molecule has 2 unspecified atom stereocenters. The molecule has 1 aromatic rings. The van der Waals surface area contributed by atoms with Crippen molar-refractivity contribution < 1.29 is 28.2 Å². The average Bonchev–Trinajstić information content (AvgIpc) is 2.86. The van der Waals surface area contributed by atoms with Crippen LogP contribution in [0.15, 0.2) is 23.1 Å². The smallest absolute Gasteiger partial charge is 0.311 e. The molecule has 2 rings (SSSR count). The molecule has 2 N–H and O–H groups in total. The molecule has 0 aromatic heterocycles. The van der Waals surface area contributed by atoms with Crippen molar-refractivity contribution in [3.05, 3.63) is 29.8 Å². The van der Waals surface area contributed by atoms with Gasteiger partial charge in [0.1, 0.15) is 17.6 Å². The standard InChI is InChI=1S/C13H13F2NO4S/c14-7-1-2-11(9(15)3-7)21-6-12(17)16-10-5-20-4-8(10)13(18)19/h1-3,8,10H,4-6H2,(H,16,17)(H,18,19). The van der Waals surface area contributed by atoms with Crippen LogP contribution in [0.1, 0.15) is 0 Å². The third-order valence-corrected chi connectivity index (χ3v) is 4.05. The number of amides is 1. The number of carboxylic acids is 1. The van der Waals surface area contributed by atoms with E-state index in [2.05, 4.69) is 5.32 Å². The first-order valence-electron chi connectivity index (χ1n) is 6.15. The van der Waals surface area contributed by atoms with E-state index in [0.29, 0.717) is 0 Å². The first-order chi connectivity index (χ1) is 9.97. The van der Waals surface area contributed by atoms with E-state index in [4.69, 9.17) is 9.84 Å². The van der Waals surface area contributed by atoms with E-state index in [-0.39, 0.29) is 23.9 Å². The molecule has 8 heteroatoms. The van der Waals surface area contributed by atoms with E-state index in [9.17, 15) is 18.4 Å². The number of rotatable bonds is 5. The van der Waals surface area contributed by atoms with Gasteiger partial charge in [0, 0.05) is 11.0 Å². The Balaban J connectivity index is 1.86. The molecule has 0 aliphatic carbocycles. The van der Waals surface area contributed by atoms with Gasteiger partial charge in [0.2, 0.25) is 5.91 Å². The molecule has 1 heterocycles. The van der Waals surface area contributed by atoms with E-state index in [1.807, 2.05) is 0 Å². The van der Waals surface area contributed by atoms with Crippen LogP contribution in [0.4, 0.5) is 8.78 Å². The summed E-state index contributed by atoms with van der Waals surface area (Å²) in [5.41, 5.74) is 0. The molecule has 1 amide bonds. The van der Waals surface area contributed by atoms with Crippen molar-refractivity contribution >= 4 is 23.6 Å². The lowest BCUT2D eigenvalue weighted by Gasteiger charge is -2.15. The molecule has 114 valence electrons. The zero-order chi connectivity index (χ0) is 15.4. The van der Waals surface area contributed by atoms with Crippen molar-refractivity contribution in [2.45, 2.75) is 10.9 Å². The number of nitrogens with one attached hydrogen (secondary N) is 1. The van der Waals surface area contributed by atoms with Gasteiger partial charge in [-0.15, -0.1) is 11.8 Å². The molecule has 21 heavy (non-hydrogen) atoms. The van der Waals surface area contributed by atoms with Crippen molar-refractivity contribution in [3.63, 3.8) is 0 Å². The Kier molecular flexibility index (Phi) is 5.13. The quantitative estimate of drug-likeness (QED) is 0.800. The molecule has 1 aliphatic rings. The topological polar surface area (TPSA) is 75.6 Å². The van der Waals surface area contributed by atoms with E-state index in [1.54, 1.807) is 0 Å². The molecule has 0 radical (unpaired) electrons. The van der Waals surface area contributed by atoms with Crippen LogP contribution in [-0.4, -0.2) is 42.0 Å². The summed E-state index contributed by atoms with van der Waals surface area (Å²) < 4.78 is 31.1. The Hall–Kier alpha value is -1.67. The fourth-order valence-electron chi connectivity index (χ4n) is 1.92. The van der Waals surface area contributed by atoms with Crippen molar-refractivity contribution in [1.82, 2.24) is 5.32 Å². The van der Waals surface area contributed by atoms with Gasteiger partial charge in [-0.25, -0.2) is 8.78 Å². The largest absolute Gasteiger partial charge is 0.481 e. The second kappa shape index (κ2) is 6.86. The number of hydrogen-bond acceptors (Lipinski definition) is 4. The van der Waals surface area contributed by atoms with Crippen molar-refractivity contribution in [2.24, 2.45) is 5.92 Å². The first-order valence-corrected chi connectivity index (χ1v) is 7.13. The molecule has 0 saturated carbocycles. The van der Waals surface area contributed by atoms with Gasteiger partial charge in [0.05, 0.1) is 25.0 Å². The van der Waals surface area contributed by atoms with Crippen LogP contribution >= 0.6 is 11.8 Å². The first kappa shape index (κ1) is 15.7. The van der Waals surface area contributed by atoms with Crippen LogP contribution in [0, 0.1) is 17.6 Å². The van der Waals surface area contributed by atoms with Crippen LogP contribution in [0.25, 0.3) is 0 Å². The molecule has 1 aliphatic heterocycles. The number of halogens is 2. The van der Waals surface area contributed by atoms with Crippen molar-refractivity contribution in [2.75, 3.05) is 19.0 Å². The Morgan fingerprint density at radius 1 is 1.38 bits per heavy atom.